The van der Waals surface area contributed by atoms with Crippen LogP contribution in [0, 0.1) is 11.3 Å². The third kappa shape index (κ3) is 3.66. The Kier molecular flexibility index (Phi) is 5.04. The highest BCUT2D eigenvalue weighted by atomic mass is 35.5. The zero-order valence-corrected chi connectivity index (χ0v) is 12.3. The van der Waals surface area contributed by atoms with E-state index in [1.165, 1.54) is 7.11 Å². The quantitative estimate of drug-likeness (QED) is 0.920. The molecular formula is C16H15ClN2O2. The Balaban J connectivity index is 2.31. The summed E-state index contributed by atoms with van der Waals surface area (Å²) >= 11 is 6.17. The molecule has 0 aliphatic rings. The number of rotatable bonds is 5. The smallest absolute Gasteiger partial charge is 0.137 e. The van der Waals surface area contributed by atoms with Crippen LogP contribution in [0.3, 0.4) is 0 Å². The van der Waals surface area contributed by atoms with Crippen LogP contribution in [0.25, 0.3) is 0 Å². The standard InChI is InChI=1S/C16H15ClN2O2/c1-20-12-6-11(9-18)7-13(8-12)21-16(10-19)14-4-2-3-5-15(14)17/h2-8,16H,10,19H2,1H3. The van der Waals surface area contributed by atoms with Crippen LogP contribution in [-0.2, 0) is 0 Å². The maximum absolute atomic E-state index is 9.03. The molecule has 1 atom stereocenters. The lowest BCUT2D eigenvalue weighted by atomic mass is 10.1. The molecule has 21 heavy (non-hydrogen) atoms. The van der Waals surface area contributed by atoms with Crippen LogP contribution in [0.4, 0.5) is 0 Å². The van der Waals surface area contributed by atoms with Crippen molar-refractivity contribution in [3.8, 4) is 17.6 Å². The molecule has 0 bridgehead atoms. The molecule has 0 spiro atoms. The first kappa shape index (κ1) is 15.2. The molecule has 2 N–H and O–H groups in total. The lowest BCUT2D eigenvalue weighted by Crippen LogP contribution is -2.18. The molecule has 0 aromatic heterocycles. The summed E-state index contributed by atoms with van der Waals surface area (Å²) in [5.74, 6) is 1.07. The van der Waals surface area contributed by atoms with Gasteiger partial charge in [-0.1, -0.05) is 29.8 Å². The van der Waals surface area contributed by atoms with Crippen molar-refractivity contribution >= 4 is 11.6 Å². The summed E-state index contributed by atoms with van der Waals surface area (Å²) in [6.45, 7) is 0.267. The molecule has 0 fully saturated rings. The minimum absolute atomic E-state index is 0.267. The second kappa shape index (κ2) is 6.98. The van der Waals surface area contributed by atoms with Gasteiger partial charge in [-0.15, -0.1) is 0 Å². The number of halogens is 1. The average Bonchev–Trinajstić information content (AvgIpc) is 2.53. The summed E-state index contributed by atoms with van der Waals surface area (Å²) < 4.78 is 11.0. The minimum atomic E-state index is -0.391. The van der Waals surface area contributed by atoms with Gasteiger partial charge in [-0.3, -0.25) is 0 Å². The number of benzene rings is 2. The molecule has 0 aliphatic carbocycles. The van der Waals surface area contributed by atoms with Crippen molar-refractivity contribution in [1.29, 1.82) is 5.26 Å². The molecular weight excluding hydrogens is 288 g/mol. The highest BCUT2D eigenvalue weighted by molar-refractivity contribution is 6.31. The van der Waals surface area contributed by atoms with Crippen LogP contribution >= 0.6 is 11.6 Å². The number of nitrogens with two attached hydrogens (primary N) is 1. The molecule has 0 heterocycles. The molecule has 2 aromatic carbocycles. The second-order valence-corrected chi connectivity index (χ2v) is 4.78. The van der Waals surface area contributed by atoms with Crippen molar-refractivity contribution in [2.75, 3.05) is 13.7 Å². The third-order valence-corrected chi connectivity index (χ3v) is 3.33. The number of ether oxygens (including phenoxy) is 2. The van der Waals surface area contributed by atoms with Gasteiger partial charge in [0.15, 0.2) is 0 Å². The van der Waals surface area contributed by atoms with E-state index in [0.717, 1.165) is 5.56 Å². The lowest BCUT2D eigenvalue weighted by molar-refractivity contribution is 0.213. The zero-order valence-electron chi connectivity index (χ0n) is 11.5. The van der Waals surface area contributed by atoms with Gasteiger partial charge < -0.3 is 15.2 Å². The van der Waals surface area contributed by atoms with Crippen molar-refractivity contribution in [2.24, 2.45) is 5.73 Å². The van der Waals surface area contributed by atoms with Crippen LogP contribution in [0.5, 0.6) is 11.5 Å². The summed E-state index contributed by atoms with van der Waals surface area (Å²) in [5, 5.41) is 9.62. The first-order valence-corrected chi connectivity index (χ1v) is 6.76. The van der Waals surface area contributed by atoms with Crippen LogP contribution in [-0.4, -0.2) is 13.7 Å². The van der Waals surface area contributed by atoms with Crippen LogP contribution in [0.15, 0.2) is 42.5 Å². The van der Waals surface area contributed by atoms with Crippen molar-refractivity contribution in [3.63, 3.8) is 0 Å². The lowest BCUT2D eigenvalue weighted by Gasteiger charge is -2.19. The topological polar surface area (TPSA) is 68.3 Å². The predicted molar refractivity (Wildman–Crippen MR) is 81.6 cm³/mol. The van der Waals surface area contributed by atoms with Crippen molar-refractivity contribution < 1.29 is 9.47 Å². The predicted octanol–water partition coefficient (Wildman–Crippen LogP) is 3.30. The zero-order chi connectivity index (χ0) is 15.2. The van der Waals surface area contributed by atoms with Gasteiger partial charge in [0.25, 0.3) is 0 Å². The fraction of sp³-hybridized carbons (Fsp3) is 0.188. The van der Waals surface area contributed by atoms with Gasteiger partial charge in [0, 0.05) is 23.2 Å². The number of methoxy groups -OCH3 is 1. The number of hydrogen-bond acceptors (Lipinski definition) is 4. The van der Waals surface area contributed by atoms with E-state index in [4.69, 9.17) is 32.1 Å². The van der Waals surface area contributed by atoms with E-state index in [9.17, 15) is 0 Å². The van der Waals surface area contributed by atoms with E-state index < -0.39 is 6.10 Å². The molecule has 0 aliphatic heterocycles. The molecule has 1 unspecified atom stereocenters. The molecule has 0 radical (unpaired) electrons. The van der Waals surface area contributed by atoms with Gasteiger partial charge in [0.05, 0.1) is 18.7 Å². The highest BCUT2D eigenvalue weighted by Gasteiger charge is 2.15. The van der Waals surface area contributed by atoms with Crippen molar-refractivity contribution in [1.82, 2.24) is 0 Å². The Morgan fingerprint density at radius 2 is 1.95 bits per heavy atom. The first-order chi connectivity index (χ1) is 10.2. The number of hydrogen-bond donors (Lipinski definition) is 1. The molecule has 0 saturated carbocycles. The largest absolute Gasteiger partial charge is 0.497 e. The highest BCUT2D eigenvalue weighted by Crippen LogP contribution is 2.29. The van der Waals surface area contributed by atoms with E-state index in [-0.39, 0.29) is 6.54 Å². The summed E-state index contributed by atoms with van der Waals surface area (Å²) in [6, 6.07) is 14.4. The fourth-order valence-corrected chi connectivity index (χ4v) is 2.22. The second-order valence-electron chi connectivity index (χ2n) is 4.37. The summed E-state index contributed by atoms with van der Waals surface area (Å²) in [7, 11) is 1.54. The molecule has 0 saturated heterocycles. The van der Waals surface area contributed by atoms with Gasteiger partial charge >= 0.3 is 0 Å². The average molecular weight is 303 g/mol. The Hall–Kier alpha value is -2.22. The maximum atomic E-state index is 9.03. The summed E-state index contributed by atoms with van der Waals surface area (Å²) in [6.07, 6.45) is -0.391. The van der Waals surface area contributed by atoms with Gasteiger partial charge in [-0.25, -0.2) is 0 Å². The maximum Gasteiger partial charge on any atom is 0.137 e. The number of nitriles is 1. The van der Waals surface area contributed by atoms with E-state index in [0.29, 0.717) is 22.1 Å². The Bertz CT molecular complexity index is 668. The van der Waals surface area contributed by atoms with E-state index in [1.54, 1.807) is 24.3 Å². The number of nitrogens with zero attached hydrogens (tertiary/aromatic N) is 1. The van der Waals surface area contributed by atoms with Crippen molar-refractivity contribution in [2.45, 2.75) is 6.10 Å². The Labute approximate surface area is 128 Å². The Morgan fingerprint density at radius 3 is 2.57 bits per heavy atom. The normalized spacial score (nSPS) is 11.5. The van der Waals surface area contributed by atoms with E-state index >= 15 is 0 Å². The van der Waals surface area contributed by atoms with Crippen LogP contribution in [0.1, 0.15) is 17.2 Å². The SMILES string of the molecule is COc1cc(C#N)cc(OC(CN)c2ccccc2Cl)c1. The van der Waals surface area contributed by atoms with Crippen LogP contribution < -0.4 is 15.2 Å². The van der Waals surface area contributed by atoms with E-state index in [1.807, 2.05) is 18.2 Å². The minimum Gasteiger partial charge on any atom is -0.497 e. The first-order valence-electron chi connectivity index (χ1n) is 6.38. The van der Waals surface area contributed by atoms with Gasteiger partial charge in [0.2, 0.25) is 0 Å². The molecule has 2 rings (SSSR count). The molecule has 2 aromatic rings. The molecule has 5 heteroatoms. The monoisotopic (exact) mass is 302 g/mol. The fourth-order valence-electron chi connectivity index (χ4n) is 1.96. The Morgan fingerprint density at radius 1 is 1.24 bits per heavy atom. The van der Waals surface area contributed by atoms with E-state index in [2.05, 4.69) is 6.07 Å². The third-order valence-electron chi connectivity index (χ3n) is 2.99. The summed E-state index contributed by atoms with van der Waals surface area (Å²) in [5.41, 5.74) is 7.05. The molecule has 108 valence electrons. The van der Waals surface area contributed by atoms with Gasteiger partial charge in [-0.05, 0) is 18.2 Å². The van der Waals surface area contributed by atoms with Gasteiger partial charge in [0.1, 0.15) is 17.6 Å². The molecule has 0 amide bonds. The summed E-state index contributed by atoms with van der Waals surface area (Å²) in [4.78, 5) is 0. The molecule has 4 nitrogen and oxygen atoms in total. The van der Waals surface area contributed by atoms with Crippen LogP contribution in [0.2, 0.25) is 5.02 Å². The van der Waals surface area contributed by atoms with Crippen molar-refractivity contribution in [3.05, 3.63) is 58.6 Å². The van der Waals surface area contributed by atoms with Gasteiger partial charge in [-0.2, -0.15) is 5.26 Å².